The molecule has 0 aliphatic carbocycles. The number of benzene rings is 1. The summed E-state index contributed by atoms with van der Waals surface area (Å²) in [6.07, 6.45) is 2.82. The lowest BCUT2D eigenvalue weighted by Crippen LogP contribution is -2.40. The molecule has 1 N–H and O–H groups in total. The Morgan fingerprint density at radius 3 is 2.68 bits per heavy atom. The van der Waals surface area contributed by atoms with E-state index in [1.165, 1.54) is 6.07 Å². The molecule has 2 rings (SSSR count). The molecule has 0 radical (unpaired) electrons. The van der Waals surface area contributed by atoms with Crippen molar-refractivity contribution in [2.45, 2.75) is 43.9 Å². The number of likely N-dealkylation sites (tertiary alicyclic amines) is 1. The van der Waals surface area contributed by atoms with E-state index in [1.54, 1.807) is 30.0 Å². The van der Waals surface area contributed by atoms with Crippen LogP contribution in [0.1, 0.15) is 49.4 Å². The second-order valence-electron chi connectivity index (χ2n) is 6.51. The molecule has 0 spiro atoms. The Labute approximate surface area is 148 Å². The van der Waals surface area contributed by atoms with Gasteiger partial charge in [0.15, 0.2) is 9.84 Å². The summed E-state index contributed by atoms with van der Waals surface area (Å²) in [4.78, 5) is 25.4. The topological polar surface area (TPSA) is 91.8 Å². The molecule has 1 heterocycles. The third kappa shape index (κ3) is 5.04. The number of carboxylic acids is 1. The molecule has 1 aromatic rings. The molecule has 1 aliphatic rings. The highest BCUT2D eigenvalue weighted by molar-refractivity contribution is 7.91. The zero-order valence-corrected chi connectivity index (χ0v) is 15.3. The first kappa shape index (κ1) is 19.4. The van der Waals surface area contributed by atoms with Gasteiger partial charge in [-0.25, -0.2) is 8.42 Å². The first-order chi connectivity index (χ1) is 11.8. The summed E-state index contributed by atoms with van der Waals surface area (Å²) in [6.45, 7) is 2.85. The smallest absolute Gasteiger partial charge is 0.303 e. The molecule has 138 valence electrons. The summed E-state index contributed by atoms with van der Waals surface area (Å²) in [5, 5.41) is 8.83. The predicted octanol–water partition coefficient (Wildman–Crippen LogP) is 2.59. The van der Waals surface area contributed by atoms with Gasteiger partial charge in [0.1, 0.15) is 0 Å². The van der Waals surface area contributed by atoms with Crippen LogP contribution >= 0.6 is 0 Å². The maximum Gasteiger partial charge on any atom is 0.303 e. The van der Waals surface area contributed by atoms with Gasteiger partial charge in [-0.2, -0.15) is 0 Å². The lowest BCUT2D eigenvalue weighted by atomic mass is 9.93. The Kier molecular flexibility index (Phi) is 6.58. The molecule has 1 aliphatic heterocycles. The molecular formula is C18H25NO5S. The summed E-state index contributed by atoms with van der Waals surface area (Å²) < 4.78 is 24.9. The summed E-state index contributed by atoms with van der Waals surface area (Å²) in [5.41, 5.74) is 0.217. The van der Waals surface area contributed by atoms with Gasteiger partial charge >= 0.3 is 5.97 Å². The van der Waals surface area contributed by atoms with Gasteiger partial charge in [0.05, 0.1) is 16.2 Å². The van der Waals surface area contributed by atoms with Gasteiger partial charge in [-0.3, -0.25) is 9.59 Å². The van der Waals surface area contributed by atoms with Crippen LogP contribution in [0.4, 0.5) is 0 Å². The lowest BCUT2D eigenvalue weighted by Gasteiger charge is -2.33. The van der Waals surface area contributed by atoms with E-state index < -0.39 is 15.8 Å². The van der Waals surface area contributed by atoms with Crippen LogP contribution in [0.25, 0.3) is 0 Å². The molecule has 1 aromatic carbocycles. The Hall–Kier alpha value is -1.89. The van der Waals surface area contributed by atoms with E-state index in [2.05, 4.69) is 0 Å². The maximum atomic E-state index is 12.9. The highest BCUT2D eigenvalue weighted by atomic mass is 32.2. The SMILES string of the molecule is CCCS(=O)(=O)c1ccccc1C(=O)N1CCCC(CCC(=O)O)C1. The molecule has 1 unspecified atom stereocenters. The molecule has 0 saturated carbocycles. The Bertz CT molecular complexity index is 729. The van der Waals surface area contributed by atoms with Gasteiger partial charge in [0.25, 0.3) is 5.91 Å². The highest BCUT2D eigenvalue weighted by Crippen LogP contribution is 2.25. The molecule has 1 saturated heterocycles. The molecule has 0 aromatic heterocycles. The van der Waals surface area contributed by atoms with Crippen molar-refractivity contribution < 1.29 is 23.1 Å². The van der Waals surface area contributed by atoms with Crippen LogP contribution in [-0.4, -0.2) is 49.1 Å². The molecule has 1 amide bonds. The fourth-order valence-electron chi connectivity index (χ4n) is 3.28. The Morgan fingerprint density at radius 1 is 1.28 bits per heavy atom. The third-order valence-electron chi connectivity index (χ3n) is 4.50. The van der Waals surface area contributed by atoms with Crippen molar-refractivity contribution in [3.05, 3.63) is 29.8 Å². The summed E-state index contributed by atoms with van der Waals surface area (Å²) >= 11 is 0. The van der Waals surface area contributed by atoms with Gasteiger partial charge in [-0.1, -0.05) is 19.1 Å². The number of rotatable bonds is 7. The number of amides is 1. The summed E-state index contributed by atoms with van der Waals surface area (Å²) in [5.74, 6) is -0.957. The maximum absolute atomic E-state index is 12.9. The molecular weight excluding hydrogens is 342 g/mol. The van der Waals surface area contributed by atoms with Crippen LogP contribution in [0.15, 0.2) is 29.2 Å². The van der Waals surface area contributed by atoms with Crippen molar-refractivity contribution in [3.8, 4) is 0 Å². The largest absolute Gasteiger partial charge is 0.481 e. The van der Waals surface area contributed by atoms with Gasteiger partial charge in [0, 0.05) is 19.5 Å². The van der Waals surface area contributed by atoms with E-state index >= 15 is 0 Å². The number of hydrogen-bond donors (Lipinski definition) is 1. The number of piperidine rings is 1. The molecule has 1 fully saturated rings. The molecule has 1 atom stereocenters. The fraction of sp³-hybridized carbons (Fsp3) is 0.556. The van der Waals surface area contributed by atoms with Crippen molar-refractivity contribution in [2.75, 3.05) is 18.8 Å². The van der Waals surface area contributed by atoms with Gasteiger partial charge in [-0.15, -0.1) is 0 Å². The Balaban J connectivity index is 2.19. The zero-order valence-electron chi connectivity index (χ0n) is 14.5. The zero-order chi connectivity index (χ0) is 18.4. The van der Waals surface area contributed by atoms with E-state index in [4.69, 9.17) is 5.11 Å². The van der Waals surface area contributed by atoms with Crippen LogP contribution < -0.4 is 0 Å². The van der Waals surface area contributed by atoms with Crippen LogP contribution in [0.5, 0.6) is 0 Å². The van der Waals surface area contributed by atoms with E-state index in [-0.39, 0.29) is 34.5 Å². The van der Waals surface area contributed by atoms with Gasteiger partial charge < -0.3 is 10.0 Å². The number of hydrogen-bond acceptors (Lipinski definition) is 4. The molecule has 0 bridgehead atoms. The first-order valence-electron chi connectivity index (χ1n) is 8.68. The monoisotopic (exact) mass is 367 g/mol. The average molecular weight is 367 g/mol. The van der Waals surface area contributed by atoms with Crippen molar-refractivity contribution in [3.63, 3.8) is 0 Å². The van der Waals surface area contributed by atoms with E-state index in [0.29, 0.717) is 25.9 Å². The number of sulfone groups is 1. The molecule has 7 heteroatoms. The number of carboxylic acid groups (broad SMARTS) is 1. The quantitative estimate of drug-likeness (QED) is 0.800. The summed E-state index contributed by atoms with van der Waals surface area (Å²) in [7, 11) is -3.48. The van der Waals surface area contributed by atoms with Crippen LogP contribution in [0, 0.1) is 5.92 Å². The normalized spacial score (nSPS) is 18.1. The highest BCUT2D eigenvalue weighted by Gasteiger charge is 2.28. The minimum absolute atomic E-state index is 0.0124. The molecule has 6 nitrogen and oxygen atoms in total. The van der Waals surface area contributed by atoms with Gasteiger partial charge in [-0.05, 0) is 43.7 Å². The van der Waals surface area contributed by atoms with Crippen LogP contribution in [0.3, 0.4) is 0 Å². The third-order valence-corrected chi connectivity index (χ3v) is 6.47. The predicted molar refractivity (Wildman–Crippen MR) is 94.3 cm³/mol. The van der Waals surface area contributed by atoms with E-state index in [0.717, 1.165) is 12.8 Å². The Morgan fingerprint density at radius 2 is 2.00 bits per heavy atom. The van der Waals surface area contributed by atoms with Crippen LogP contribution in [-0.2, 0) is 14.6 Å². The number of nitrogens with zero attached hydrogens (tertiary/aromatic N) is 1. The standard InChI is InChI=1S/C18H25NO5S/c1-2-12-25(23,24)16-8-4-3-7-15(16)18(22)19-11-5-6-14(13-19)9-10-17(20)21/h3-4,7-8,14H,2,5-6,9-13H2,1H3,(H,20,21). The van der Waals surface area contributed by atoms with Gasteiger partial charge in [0.2, 0.25) is 0 Å². The minimum Gasteiger partial charge on any atom is -0.481 e. The number of carbonyl (C=O) groups excluding carboxylic acids is 1. The van der Waals surface area contributed by atoms with Crippen LogP contribution in [0.2, 0.25) is 0 Å². The molecule has 25 heavy (non-hydrogen) atoms. The van der Waals surface area contributed by atoms with E-state index in [9.17, 15) is 18.0 Å². The lowest BCUT2D eigenvalue weighted by molar-refractivity contribution is -0.137. The van der Waals surface area contributed by atoms with Crippen molar-refractivity contribution >= 4 is 21.7 Å². The fourth-order valence-corrected chi connectivity index (χ4v) is 4.81. The minimum atomic E-state index is -3.48. The number of aliphatic carboxylic acids is 1. The second kappa shape index (κ2) is 8.47. The van der Waals surface area contributed by atoms with Crippen molar-refractivity contribution in [1.82, 2.24) is 4.90 Å². The first-order valence-corrected chi connectivity index (χ1v) is 10.3. The van der Waals surface area contributed by atoms with E-state index in [1.807, 2.05) is 0 Å². The van der Waals surface area contributed by atoms with Crippen molar-refractivity contribution in [1.29, 1.82) is 0 Å². The summed E-state index contributed by atoms with van der Waals surface area (Å²) in [6, 6.07) is 6.35. The second-order valence-corrected chi connectivity index (χ2v) is 8.58. The number of carbonyl (C=O) groups is 2. The average Bonchev–Trinajstić information content (AvgIpc) is 2.59. The van der Waals surface area contributed by atoms with Crippen molar-refractivity contribution in [2.24, 2.45) is 5.92 Å².